The maximum absolute atomic E-state index is 11.5. The summed E-state index contributed by atoms with van der Waals surface area (Å²) in [4.78, 5) is 11.5. The van der Waals surface area contributed by atoms with Crippen molar-refractivity contribution >= 4 is 12.0 Å². The fraction of sp³-hybridized carbons (Fsp3) is 0.357. The number of carbonyl (C=O) groups excluding carboxylic acids is 1. The van der Waals surface area contributed by atoms with E-state index in [-0.39, 0.29) is 12.5 Å². The lowest BCUT2D eigenvalue weighted by molar-refractivity contribution is -0.117. The van der Waals surface area contributed by atoms with Gasteiger partial charge in [0.1, 0.15) is 5.75 Å². The number of aliphatic hydroxyl groups is 1. The highest BCUT2D eigenvalue weighted by molar-refractivity contribution is 5.91. The number of rotatable bonds is 5. The molecule has 1 rings (SSSR count). The van der Waals surface area contributed by atoms with E-state index in [1.165, 1.54) is 6.08 Å². The van der Waals surface area contributed by atoms with Gasteiger partial charge in [-0.3, -0.25) is 4.79 Å². The Morgan fingerprint density at radius 3 is 2.50 bits per heavy atom. The monoisotopic (exact) mass is 249 g/mol. The minimum Gasteiger partial charge on any atom is -0.497 e. The number of hydrogen-bond donors (Lipinski definition) is 2. The summed E-state index contributed by atoms with van der Waals surface area (Å²) in [7, 11) is 1.61. The summed E-state index contributed by atoms with van der Waals surface area (Å²) in [5.74, 6) is 0.548. The molecule has 1 amide bonds. The predicted molar refractivity (Wildman–Crippen MR) is 71.3 cm³/mol. The average Bonchev–Trinajstić information content (AvgIpc) is 2.33. The third-order valence-electron chi connectivity index (χ3n) is 2.24. The van der Waals surface area contributed by atoms with Crippen LogP contribution in [0.1, 0.15) is 19.4 Å². The first-order valence-corrected chi connectivity index (χ1v) is 5.73. The quantitative estimate of drug-likeness (QED) is 0.779. The number of ether oxygens (including phenoxy) is 1. The Labute approximate surface area is 107 Å². The molecule has 1 aromatic rings. The molecule has 1 aromatic carbocycles. The van der Waals surface area contributed by atoms with Gasteiger partial charge in [0.05, 0.1) is 12.7 Å². The summed E-state index contributed by atoms with van der Waals surface area (Å²) in [6, 6.07) is 7.38. The molecule has 2 N–H and O–H groups in total. The SMILES string of the molecule is COc1ccc(C=CC(=O)NCC(C)(C)O)cc1. The molecule has 0 unspecified atom stereocenters. The maximum atomic E-state index is 11.5. The molecule has 0 heterocycles. The standard InChI is InChI=1S/C14H19NO3/c1-14(2,17)10-15-13(16)9-6-11-4-7-12(18-3)8-5-11/h4-9,17H,10H2,1-3H3,(H,15,16). The van der Waals surface area contributed by atoms with Crippen LogP contribution in [0.3, 0.4) is 0 Å². The second kappa shape index (κ2) is 6.21. The van der Waals surface area contributed by atoms with Gasteiger partial charge in [-0.2, -0.15) is 0 Å². The van der Waals surface area contributed by atoms with E-state index in [9.17, 15) is 9.90 Å². The van der Waals surface area contributed by atoms with Gasteiger partial charge >= 0.3 is 0 Å². The van der Waals surface area contributed by atoms with Crippen LogP contribution >= 0.6 is 0 Å². The molecule has 0 saturated heterocycles. The van der Waals surface area contributed by atoms with Crippen LogP contribution in [0.25, 0.3) is 6.08 Å². The lowest BCUT2D eigenvalue weighted by atomic mass is 10.1. The first-order valence-electron chi connectivity index (χ1n) is 5.73. The summed E-state index contributed by atoms with van der Waals surface area (Å²) in [5, 5.41) is 12.1. The van der Waals surface area contributed by atoms with Gasteiger partial charge in [-0.1, -0.05) is 12.1 Å². The molecule has 0 atom stereocenters. The molecule has 0 spiro atoms. The number of hydrogen-bond acceptors (Lipinski definition) is 3. The Morgan fingerprint density at radius 1 is 1.39 bits per heavy atom. The number of nitrogens with one attached hydrogen (secondary N) is 1. The van der Waals surface area contributed by atoms with E-state index >= 15 is 0 Å². The molecule has 0 aliphatic rings. The molecule has 0 aliphatic carbocycles. The normalized spacial score (nSPS) is 11.6. The highest BCUT2D eigenvalue weighted by Crippen LogP contribution is 2.12. The van der Waals surface area contributed by atoms with Gasteiger partial charge in [0.25, 0.3) is 0 Å². The lowest BCUT2D eigenvalue weighted by Crippen LogP contribution is -2.37. The molecule has 18 heavy (non-hydrogen) atoms. The van der Waals surface area contributed by atoms with Crippen molar-refractivity contribution in [3.63, 3.8) is 0 Å². The Kier molecular flexibility index (Phi) is 4.92. The van der Waals surface area contributed by atoms with Crippen LogP contribution in [0.4, 0.5) is 0 Å². The van der Waals surface area contributed by atoms with Crippen molar-refractivity contribution < 1.29 is 14.6 Å². The van der Waals surface area contributed by atoms with E-state index in [1.807, 2.05) is 24.3 Å². The second-order valence-electron chi connectivity index (χ2n) is 4.64. The topological polar surface area (TPSA) is 58.6 Å². The Bertz CT molecular complexity index is 416. The van der Waals surface area contributed by atoms with Crippen LogP contribution in [0, 0.1) is 0 Å². The van der Waals surface area contributed by atoms with E-state index in [4.69, 9.17) is 4.74 Å². The molecule has 98 valence electrons. The smallest absolute Gasteiger partial charge is 0.244 e. The molecule has 0 aromatic heterocycles. The highest BCUT2D eigenvalue weighted by Gasteiger charge is 2.12. The third-order valence-corrected chi connectivity index (χ3v) is 2.24. The van der Waals surface area contributed by atoms with E-state index < -0.39 is 5.60 Å². The number of methoxy groups -OCH3 is 1. The van der Waals surface area contributed by atoms with Crippen molar-refractivity contribution in [3.8, 4) is 5.75 Å². The molecule has 4 nitrogen and oxygen atoms in total. The Balaban J connectivity index is 2.50. The van der Waals surface area contributed by atoms with Crippen molar-refractivity contribution in [1.29, 1.82) is 0 Å². The average molecular weight is 249 g/mol. The fourth-order valence-corrected chi connectivity index (χ4v) is 1.25. The van der Waals surface area contributed by atoms with Gasteiger partial charge in [-0.25, -0.2) is 0 Å². The van der Waals surface area contributed by atoms with Crippen molar-refractivity contribution in [3.05, 3.63) is 35.9 Å². The lowest BCUT2D eigenvalue weighted by Gasteiger charge is -2.16. The van der Waals surface area contributed by atoms with E-state index in [1.54, 1.807) is 27.0 Å². The zero-order valence-corrected chi connectivity index (χ0v) is 10.9. The largest absolute Gasteiger partial charge is 0.497 e. The number of carbonyl (C=O) groups is 1. The zero-order valence-electron chi connectivity index (χ0n) is 10.9. The van der Waals surface area contributed by atoms with Gasteiger partial charge in [0.2, 0.25) is 5.91 Å². The van der Waals surface area contributed by atoms with Crippen LogP contribution < -0.4 is 10.1 Å². The molecule has 0 fully saturated rings. The summed E-state index contributed by atoms with van der Waals surface area (Å²) in [6.45, 7) is 3.50. The van der Waals surface area contributed by atoms with Gasteiger partial charge in [0, 0.05) is 12.6 Å². The van der Waals surface area contributed by atoms with E-state index in [0.29, 0.717) is 0 Å². The van der Waals surface area contributed by atoms with Gasteiger partial charge in [-0.05, 0) is 37.6 Å². The molecule has 4 heteroatoms. The van der Waals surface area contributed by atoms with Crippen LogP contribution in [0.15, 0.2) is 30.3 Å². The Morgan fingerprint density at radius 2 is 2.00 bits per heavy atom. The number of amides is 1. The van der Waals surface area contributed by atoms with Crippen molar-refractivity contribution in [2.45, 2.75) is 19.4 Å². The zero-order chi connectivity index (χ0) is 13.6. The molecule has 0 radical (unpaired) electrons. The summed E-state index contributed by atoms with van der Waals surface area (Å²) >= 11 is 0. The molecule has 0 saturated carbocycles. The van der Waals surface area contributed by atoms with Crippen molar-refractivity contribution in [1.82, 2.24) is 5.32 Å². The van der Waals surface area contributed by atoms with Gasteiger partial charge in [0.15, 0.2) is 0 Å². The predicted octanol–water partition coefficient (Wildman–Crippen LogP) is 1.60. The van der Waals surface area contributed by atoms with Crippen LogP contribution in [0.5, 0.6) is 5.75 Å². The van der Waals surface area contributed by atoms with Crippen LogP contribution in [-0.4, -0.2) is 30.3 Å². The minimum atomic E-state index is -0.899. The van der Waals surface area contributed by atoms with Crippen LogP contribution in [-0.2, 0) is 4.79 Å². The first kappa shape index (κ1) is 14.3. The fourth-order valence-electron chi connectivity index (χ4n) is 1.25. The van der Waals surface area contributed by atoms with Crippen molar-refractivity contribution in [2.24, 2.45) is 0 Å². The van der Waals surface area contributed by atoms with Crippen LogP contribution in [0.2, 0.25) is 0 Å². The molecule has 0 aliphatic heterocycles. The summed E-state index contributed by atoms with van der Waals surface area (Å²) < 4.78 is 5.04. The van der Waals surface area contributed by atoms with Crippen molar-refractivity contribution in [2.75, 3.05) is 13.7 Å². The summed E-state index contributed by atoms with van der Waals surface area (Å²) in [6.07, 6.45) is 3.15. The van der Waals surface area contributed by atoms with E-state index in [0.717, 1.165) is 11.3 Å². The third kappa shape index (κ3) is 5.50. The molecular formula is C14H19NO3. The first-order chi connectivity index (χ1) is 8.40. The Hall–Kier alpha value is -1.81. The summed E-state index contributed by atoms with van der Waals surface area (Å²) in [5.41, 5.74) is 0.0121. The second-order valence-corrected chi connectivity index (χ2v) is 4.64. The minimum absolute atomic E-state index is 0.221. The van der Waals surface area contributed by atoms with E-state index in [2.05, 4.69) is 5.32 Å². The highest BCUT2D eigenvalue weighted by atomic mass is 16.5. The maximum Gasteiger partial charge on any atom is 0.244 e. The number of benzene rings is 1. The van der Waals surface area contributed by atoms with Gasteiger partial charge < -0.3 is 15.2 Å². The van der Waals surface area contributed by atoms with Gasteiger partial charge in [-0.15, -0.1) is 0 Å². The molecule has 0 bridgehead atoms. The molecular weight excluding hydrogens is 230 g/mol.